The first kappa shape index (κ1) is 14.1. The molecule has 0 aliphatic rings. The number of fused-ring (bicyclic) bond motifs is 1. The van der Waals surface area contributed by atoms with Crippen LogP contribution in [-0.4, -0.2) is 28.4 Å². The zero-order chi connectivity index (χ0) is 13.8. The lowest BCUT2D eigenvalue weighted by Gasteiger charge is -2.12. The van der Waals surface area contributed by atoms with Crippen molar-refractivity contribution in [2.45, 2.75) is 19.9 Å². The maximum atomic E-state index is 12.2. The quantitative estimate of drug-likeness (QED) is 0.890. The van der Waals surface area contributed by atoms with Crippen molar-refractivity contribution in [1.29, 1.82) is 0 Å². The van der Waals surface area contributed by atoms with E-state index in [1.807, 2.05) is 30.8 Å². The Morgan fingerprint density at radius 1 is 1.63 bits per heavy atom. The number of rotatable bonds is 5. The van der Waals surface area contributed by atoms with Crippen LogP contribution in [0.25, 0.3) is 10.2 Å². The molecule has 0 bridgehead atoms. The molecule has 0 radical (unpaired) electrons. The number of aromatic nitrogens is 1. The lowest BCUT2D eigenvalue weighted by Crippen LogP contribution is -2.34. The first-order chi connectivity index (χ1) is 9.13. The molecule has 0 aliphatic heterocycles. The van der Waals surface area contributed by atoms with Gasteiger partial charge in [-0.1, -0.05) is 6.92 Å². The van der Waals surface area contributed by atoms with Gasteiger partial charge >= 0.3 is 0 Å². The second kappa shape index (κ2) is 6.25. The minimum atomic E-state index is -0.107. The molecule has 0 fully saturated rings. The normalized spacial score (nSPS) is 12.5. The molecule has 1 unspecified atom stereocenters. The van der Waals surface area contributed by atoms with Gasteiger partial charge in [-0.2, -0.15) is 11.8 Å². The standard InChI is InChI=1S/C13H17N3OS2/c1-3-18-7-8(2)16-13(17)12-10(14)11-9(19-12)5-4-6-15-11/h4-6,8H,3,7,14H2,1-2H3,(H,16,17). The van der Waals surface area contributed by atoms with Crippen LogP contribution < -0.4 is 11.1 Å². The molecule has 1 amide bonds. The molecule has 0 aromatic carbocycles. The number of anilines is 1. The summed E-state index contributed by atoms with van der Waals surface area (Å²) in [5, 5.41) is 2.98. The Hall–Kier alpha value is -1.27. The van der Waals surface area contributed by atoms with Gasteiger partial charge in [0.15, 0.2) is 0 Å². The zero-order valence-corrected chi connectivity index (χ0v) is 12.6. The molecular weight excluding hydrogens is 278 g/mol. The number of thiophene rings is 1. The zero-order valence-electron chi connectivity index (χ0n) is 11.0. The molecule has 1 atom stereocenters. The highest BCUT2D eigenvalue weighted by molar-refractivity contribution is 7.99. The summed E-state index contributed by atoms with van der Waals surface area (Å²) in [5.74, 6) is 1.85. The lowest BCUT2D eigenvalue weighted by atomic mass is 10.3. The summed E-state index contributed by atoms with van der Waals surface area (Å²) in [5.41, 5.74) is 7.19. The van der Waals surface area contributed by atoms with E-state index in [2.05, 4.69) is 17.2 Å². The summed E-state index contributed by atoms with van der Waals surface area (Å²) in [6, 6.07) is 3.91. The summed E-state index contributed by atoms with van der Waals surface area (Å²) in [6.45, 7) is 4.11. The SMILES string of the molecule is CCSCC(C)NC(=O)c1sc2cccnc2c1N. The molecule has 6 heteroatoms. The number of thioether (sulfide) groups is 1. The van der Waals surface area contributed by atoms with Gasteiger partial charge in [0, 0.05) is 18.0 Å². The fraction of sp³-hybridized carbons (Fsp3) is 0.385. The van der Waals surface area contributed by atoms with Crippen molar-refractivity contribution in [3.05, 3.63) is 23.2 Å². The van der Waals surface area contributed by atoms with E-state index in [-0.39, 0.29) is 11.9 Å². The number of carbonyl (C=O) groups is 1. The molecule has 3 N–H and O–H groups in total. The second-order valence-electron chi connectivity index (χ2n) is 4.23. The third kappa shape index (κ3) is 3.19. The van der Waals surface area contributed by atoms with Crippen molar-refractivity contribution >= 4 is 44.9 Å². The Morgan fingerprint density at radius 3 is 3.11 bits per heavy atom. The summed E-state index contributed by atoms with van der Waals surface area (Å²) >= 11 is 3.20. The first-order valence-corrected chi connectivity index (χ1v) is 8.12. The second-order valence-corrected chi connectivity index (χ2v) is 6.60. The number of pyridine rings is 1. The largest absolute Gasteiger partial charge is 0.396 e. The fourth-order valence-corrected chi connectivity index (χ4v) is 3.40. The van der Waals surface area contributed by atoms with Crippen LogP contribution >= 0.6 is 23.1 Å². The van der Waals surface area contributed by atoms with Crippen LogP contribution in [0.15, 0.2) is 18.3 Å². The van der Waals surface area contributed by atoms with Crippen molar-refractivity contribution in [2.24, 2.45) is 0 Å². The summed E-state index contributed by atoms with van der Waals surface area (Å²) in [4.78, 5) is 17.0. The van der Waals surface area contributed by atoms with Crippen molar-refractivity contribution in [3.8, 4) is 0 Å². The molecule has 0 spiro atoms. The number of hydrogen-bond acceptors (Lipinski definition) is 5. The van der Waals surface area contributed by atoms with Crippen LogP contribution in [-0.2, 0) is 0 Å². The molecule has 2 rings (SSSR count). The van der Waals surface area contributed by atoms with Gasteiger partial charge in [-0.3, -0.25) is 9.78 Å². The predicted octanol–water partition coefficient (Wildman–Crippen LogP) is 2.75. The highest BCUT2D eigenvalue weighted by atomic mass is 32.2. The predicted molar refractivity (Wildman–Crippen MR) is 84.0 cm³/mol. The average molecular weight is 295 g/mol. The number of nitrogens with zero attached hydrogens (tertiary/aromatic N) is 1. The van der Waals surface area contributed by atoms with E-state index in [0.717, 1.165) is 16.2 Å². The number of amides is 1. The Bertz CT molecular complexity index is 582. The van der Waals surface area contributed by atoms with Gasteiger partial charge in [-0.05, 0) is 24.8 Å². The highest BCUT2D eigenvalue weighted by Crippen LogP contribution is 2.31. The average Bonchev–Trinajstić information content (AvgIpc) is 2.74. The van der Waals surface area contributed by atoms with Gasteiger partial charge in [0.2, 0.25) is 0 Å². The van der Waals surface area contributed by atoms with Crippen LogP contribution in [0.1, 0.15) is 23.5 Å². The van der Waals surface area contributed by atoms with E-state index in [4.69, 9.17) is 5.73 Å². The maximum absolute atomic E-state index is 12.2. The molecule has 0 aliphatic carbocycles. The van der Waals surface area contributed by atoms with E-state index in [1.165, 1.54) is 11.3 Å². The molecule has 2 aromatic rings. The minimum absolute atomic E-state index is 0.107. The van der Waals surface area contributed by atoms with Crippen molar-refractivity contribution in [2.75, 3.05) is 17.2 Å². The maximum Gasteiger partial charge on any atom is 0.263 e. The topological polar surface area (TPSA) is 68.0 Å². The molecule has 2 heterocycles. The van der Waals surface area contributed by atoms with Crippen molar-refractivity contribution in [1.82, 2.24) is 10.3 Å². The van der Waals surface area contributed by atoms with E-state index in [0.29, 0.717) is 16.1 Å². The molecular formula is C13H17N3OS2. The fourth-order valence-electron chi connectivity index (χ4n) is 1.74. The molecule has 0 saturated heterocycles. The minimum Gasteiger partial charge on any atom is -0.396 e. The summed E-state index contributed by atoms with van der Waals surface area (Å²) in [6.07, 6.45) is 1.69. The Morgan fingerprint density at radius 2 is 2.42 bits per heavy atom. The molecule has 2 aromatic heterocycles. The van der Waals surface area contributed by atoms with Gasteiger partial charge in [-0.15, -0.1) is 11.3 Å². The summed E-state index contributed by atoms with van der Waals surface area (Å²) < 4.78 is 0.945. The lowest BCUT2D eigenvalue weighted by molar-refractivity contribution is 0.0948. The smallest absolute Gasteiger partial charge is 0.263 e. The number of nitrogens with two attached hydrogens (primary N) is 1. The monoisotopic (exact) mass is 295 g/mol. The van der Waals surface area contributed by atoms with Crippen LogP contribution in [0, 0.1) is 0 Å². The van der Waals surface area contributed by atoms with Crippen LogP contribution in [0.5, 0.6) is 0 Å². The van der Waals surface area contributed by atoms with Gasteiger partial charge in [0.25, 0.3) is 5.91 Å². The van der Waals surface area contributed by atoms with Gasteiger partial charge in [0.1, 0.15) is 10.4 Å². The molecule has 102 valence electrons. The van der Waals surface area contributed by atoms with Crippen LogP contribution in [0.3, 0.4) is 0 Å². The number of carbonyl (C=O) groups excluding carboxylic acids is 1. The Labute approximate surface area is 120 Å². The number of nitrogens with one attached hydrogen (secondary N) is 1. The molecule has 19 heavy (non-hydrogen) atoms. The highest BCUT2D eigenvalue weighted by Gasteiger charge is 2.18. The van der Waals surface area contributed by atoms with E-state index in [1.54, 1.807) is 6.20 Å². The third-order valence-electron chi connectivity index (χ3n) is 2.64. The third-order valence-corrected chi connectivity index (χ3v) is 4.94. The van der Waals surface area contributed by atoms with E-state index < -0.39 is 0 Å². The number of hydrogen-bond donors (Lipinski definition) is 2. The van der Waals surface area contributed by atoms with Crippen molar-refractivity contribution in [3.63, 3.8) is 0 Å². The van der Waals surface area contributed by atoms with Crippen molar-refractivity contribution < 1.29 is 4.79 Å². The van der Waals surface area contributed by atoms with Crippen LogP contribution in [0.4, 0.5) is 5.69 Å². The first-order valence-electron chi connectivity index (χ1n) is 6.15. The summed E-state index contributed by atoms with van der Waals surface area (Å²) in [7, 11) is 0. The molecule has 4 nitrogen and oxygen atoms in total. The van der Waals surface area contributed by atoms with Gasteiger partial charge in [-0.25, -0.2) is 0 Å². The van der Waals surface area contributed by atoms with Gasteiger partial charge < -0.3 is 11.1 Å². The number of nitrogen functional groups attached to an aromatic ring is 1. The van der Waals surface area contributed by atoms with E-state index in [9.17, 15) is 4.79 Å². The molecule has 0 saturated carbocycles. The van der Waals surface area contributed by atoms with Crippen LogP contribution in [0.2, 0.25) is 0 Å². The van der Waals surface area contributed by atoms with Gasteiger partial charge in [0.05, 0.1) is 10.4 Å². The Kier molecular flexibility index (Phi) is 4.66. The van der Waals surface area contributed by atoms with E-state index >= 15 is 0 Å². The Balaban J connectivity index is 2.15.